The van der Waals surface area contributed by atoms with Crippen molar-refractivity contribution < 1.29 is 9.53 Å². The third-order valence-corrected chi connectivity index (χ3v) is 2.61. The first-order valence-corrected chi connectivity index (χ1v) is 4.82. The summed E-state index contributed by atoms with van der Waals surface area (Å²) in [6.07, 6.45) is 2.00. The van der Waals surface area contributed by atoms with Gasteiger partial charge in [0.25, 0.3) is 0 Å². The highest BCUT2D eigenvalue weighted by molar-refractivity contribution is 6.03. The van der Waals surface area contributed by atoms with Crippen LogP contribution in [0.15, 0.2) is 4.99 Å². The zero-order valence-electron chi connectivity index (χ0n) is 8.54. The molecule has 0 radical (unpaired) electrons. The standard InChI is InChI=1S/C10H17NO2/c1-4-13-10(12)9-7(2)5-6-8(9)11-3/h7,9H,4-6H2,1-3H3. The molecule has 0 saturated heterocycles. The lowest BCUT2D eigenvalue weighted by Gasteiger charge is -2.13. The summed E-state index contributed by atoms with van der Waals surface area (Å²) in [6.45, 7) is 4.37. The monoisotopic (exact) mass is 183 g/mol. The largest absolute Gasteiger partial charge is 0.465 e. The number of hydrogen-bond acceptors (Lipinski definition) is 3. The molecule has 74 valence electrons. The Hall–Kier alpha value is -0.860. The van der Waals surface area contributed by atoms with Crippen molar-refractivity contribution in [2.75, 3.05) is 13.7 Å². The summed E-state index contributed by atoms with van der Waals surface area (Å²) in [5.74, 6) is 0.204. The van der Waals surface area contributed by atoms with E-state index in [-0.39, 0.29) is 11.9 Å². The molecule has 13 heavy (non-hydrogen) atoms. The van der Waals surface area contributed by atoms with E-state index in [1.54, 1.807) is 7.05 Å². The van der Waals surface area contributed by atoms with Crippen molar-refractivity contribution in [2.24, 2.45) is 16.8 Å². The third-order valence-electron chi connectivity index (χ3n) is 2.61. The molecular weight excluding hydrogens is 166 g/mol. The van der Waals surface area contributed by atoms with Crippen molar-refractivity contribution in [2.45, 2.75) is 26.7 Å². The molecule has 0 aromatic rings. The number of ether oxygens (including phenoxy) is 1. The maximum atomic E-state index is 11.5. The minimum atomic E-state index is -0.104. The van der Waals surface area contributed by atoms with Crippen LogP contribution in [0.3, 0.4) is 0 Å². The Kier molecular flexibility index (Phi) is 3.46. The zero-order chi connectivity index (χ0) is 9.84. The van der Waals surface area contributed by atoms with Gasteiger partial charge in [-0.1, -0.05) is 6.92 Å². The van der Waals surface area contributed by atoms with Crippen molar-refractivity contribution in [3.8, 4) is 0 Å². The van der Waals surface area contributed by atoms with E-state index in [1.165, 1.54) is 0 Å². The van der Waals surface area contributed by atoms with Crippen molar-refractivity contribution in [1.29, 1.82) is 0 Å². The van der Waals surface area contributed by atoms with Crippen molar-refractivity contribution in [3.05, 3.63) is 0 Å². The molecule has 3 nitrogen and oxygen atoms in total. The molecule has 0 aliphatic heterocycles. The molecule has 0 spiro atoms. The number of carbonyl (C=O) groups is 1. The van der Waals surface area contributed by atoms with Crippen LogP contribution in [0.25, 0.3) is 0 Å². The zero-order valence-corrected chi connectivity index (χ0v) is 8.54. The number of rotatable bonds is 2. The fourth-order valence-corrected chi connectivity index (χ4v) is 1.88. The van der Waals surface area contributed by atoms with Crippen LogP contribution in [0.5, 0.6) is 0 Å². The molecule has 0 N–H and O–H groups in total. The van der Waals surface area contributed by atoms with Gasteiger partial charge in [-0.05, 0) is 25.7 Å². The Balaban J connectivity index is 2.69. The summed E-state index contributed by atoms with van der Waals surface area (Å²) < 4.78 is 5.01. The summed E-state index contributed by atoms with van der Waals surface area (Å²) >= 11 is 0. The number of hydrogen-bond donors (Lipinski definition) is 0. The van der Waals surface area contributed by atoms with Crippen molar-refractivity contribution in [1.82, 2.24) is 0 Å². The number of nitrogens with zero attached hydrogens (tertiary/aromatic N) is 1. The predicted octanol–water partition coefficient (Wildman–Crippen LogP) is 1.67. The average Bonchev–Trinajstić information content (AvgIpc) is 2.47. The normalized spacial score (nSPS) is 30.8. The van der Waals surface area contributed by atoms with Crippen LogP contribution in [0.1, 0.15) is 26.7 Å². The van der Waals surface area contributed by atoms with Gasteiger partial charge in [0, 0.05) is 12.8 Å². The van der Waals surface area contributed by atoms with Gasteiger partial charge < -0.3 is 4.74 Å². The topological polar surface area (TPSA) is 38.7 Å². The van der Waals surface area contributed by atoms with Gasteiger partial charge in [0.1, 0.15) is 0 Å². The van der Waals surface area contributed by atoms with Gasteiger partial charge in [0.2, 0.25) is 0 Å². The SMILES string of the molecule is CCOC(=O)C1C(=NC)CCC1C. The van der Waals surface area contributed by atoms with Gasteiger partial charge in [-0.2, -0.15) is 0 Å². The Morgan fingerprint density at radius 3 is 2.92 bits per heavy atom. The van der Waals surface area contributed by atoms with E-state index in [1.807, 2.05) is 6.92 Å². The van der Waals surface area contributed by atoms with Gasteiger partial charge in [-0.3, -0.25) is 9.79 Å². The molecule has 2 unspecified atom stereocenters. The molecule has 0 aromatic heterocycles. The maximum Gasteiger partial charge on any atom is 0.314 e. The van der Waals surface area contributed by atoms with E-state index in [2.05, 4.69) is 11.9 Å². The van der Waals surface area contributed by atoms with Crippen LogP contribution < -0.4 is 0 Å². The Labute approximate surface area is 79.2 Å². The molecule has 0 heterocycles. The molecule has 1 rings (SSSR count). The van der Waals surface area contributed by atoms with E-state index < -0.39 is 0 Å². The smallest absolute Gasteiger partial charge is 0.314 e. The van der Waals surface area contributed by atoms with Crippen LogP contribution in [0.2, 0.25) is 0 Å². The van der Waals surface area contributed by atoms with Crippen LogP contribution in [0, 0.1) is 11.8 Å². The molecule has 0 bridgehead atoms. The van der Waals surface area contributed by atoms with Gasteiger partial charge in [0.05, 0.1) is 12.5 Å². The number of aliphatic imine (C=N–C) groups is 1. The van der Waals surface area contributed by atoms with Crippen LogP contribution in [0.4, 0.5) is 0 Å². The molecule has 0 aromatic carbocycles. The summed E-state index contributed by atoms with van der Waals surface area (Å²) in [6, 6.07) is 0. The highest BCUT2D eigenvalue weighted by Crippen LogP contribution is 2.30. The number of carbonyl (C=O) groups excluding carboxylic acids is 1. The van der Waals surface area contributed by atoms with Crippen LogP contribution >= 0.6 is 0 Å². The van der Waals surface area contributed by atoms with E-state index in [4.69, 9.17) is 4.74 Å². The highest BCUT2D eigenvalue weighted by Gasteiger charge is 2.35. The fourth-order valence-electron chi connectivity index (χ4n) is 1.88. The van der Waals surface area contributed by atoms with Gasteiger partial charge >= 0.3 is 5.97 Å². The highest BCUT2D eigenvalue weighted by atomic mass is 16.5. The minimum absolute atomic E-state index is 0.0788. The van der Waals surface area contributed by atoms with Gasteiger partial charge in [-0.15, -0.1) is 0 Å². The lowest BCUT2D eigenvalue weighted by molar-refractivity contribution is -0.146. The first-order chi connectivity index (χ1) is 6.20. The summed E-state index contributed by atoms with van der Waals surface area (Å²) in [5.41, 5.74) is 1.01. The van der Waals surface area contributed by atoms with E-state index >= 15 is 0 Å². The predicted molar refractivity (Wildman–Crippen MR) is 51.9 cm³/mol. The first kappa shape index (κ1) is 10.2. The lowest BCUT2D eigenvalue weighted by atomic mass is 9.97. The van der Waals surface area contributed by atoms with Crippen molar-refractivity contribution in [3.63, 3.8) is 0 Å². The first-order valence-electron chi connectivity index (χ1n) is 4.82. The maximum absolute atomic E-state index is 11.5. The molecule has 1 saturated carbocycles. The van der Waals surface area contributed by atoms with Crippen LogP contribution in [-0.4, -0.2) is 25.3 Å². The Bertz CT molecular complexity index is 223. The molecule has 1 aliphatic carbocycles. The fraction of sp³-hybridized carbons (Fsp3) is 0.800. The van der Waals surface area contributed by atoms with E-state index in [9.17, 15) is 4.79 Å². The van der Waals surface area contributed by atoms with Crippen molar-refractivity contribution >= 4 is 11.7 Å². The molecule has 1 fully saturated rings. The van der Waals surface area contributed by atoms with Gasteiger partial charge in [0.15, 0.2) is 0 Å². The van der Waals surface area contributed by atoms with Gasteiger partial charge in [-0.25, -0.2) is 0 Å². The minimum Gasteiger partial charge on any atom is -0.465 e. The summed E-state index contributed by atoms with van der Waals surface area (Å²) in [5, 5.41) is 0. The quantitative estimate of drug-likeness (QED) is 0.611. The summed E-state index contributed by atoms with van der Waals surface area (Å²) in [4.78, 5) is 15.7. The molecule has 2 atom stereocenters. The molecule has 0 amide bonds. The molecule has 3 heteroatoms. The molecule has 1 aliphatic rings. The lowest BCUT2D eigenvalue weighted by Crippen LogP contribution is -2.25. The van der Waals surface area contributed by atoms with E-state index in [0.717, 1.165) is 18.6 Å². The second-order valence-electron chi connectivity index (χ2n) is 3.46. The van der Waals surface area contributed by atoms with E-state index in [0.29, 0.717) is 12.5 Å². The Morgan fingerprint density at radius 2 is 2.38 bits per heavy atom. The second-order valence-corrected chi connectivity index (χ2v) is 3.46. The third kappa shape index (κ3) is 2.08. The summed E-state index contributed by atoms with van der Waals surface area (Å²) in [7, 11) is 1.75. The second kappa shape index (κ2) is 4.40. The Morgan fingerprint density at radius 1 is 1.69 bits per heavy atom. The van der Waals surface area contributed by atoms with Crippen LogP contribution in [-0.2, 0) is 9.53 Å². The molecular formula is C10H17NO2. The average molecular weight is 183 g/mol. The number of esters is 1.